The third-order valence-electron chi connectivity index (χ3n) is 4.26. The molecule has 0 saturated heterocycles. The number of carboxylic acid groups (broad SMARTS) is 1. The van der Waals surface area contributed by atoms with E-state index < -0.39 is 5.97 Å². The molecule has 1 aromatic heterocycles. The largest absolute Gasteiger partial charge is 0.497 e. The lowest BCUT2D eigenvalue weighted by Crippen LogP contribution is -2.41. The first-order valence-electron chi connectivity index (χ1n) is 7.67. The third-order valence-corrected chi connectivity index (χ3v) is 4.26. The Morgan fingerprint density at radius 1 is 1.35 bits per heavy atom. The zero-order valence-electron chi connectivity index (χ0n) is 13.1. The molecule has 0 amide bonds. The second-order valence-corrected chi connectivity index (χ2v) is 5.82. The van der Waals surface area contributed by atoms with Crippen LogP contribution in [0.5, 0.6) is 5.75 Å². The maximum atomic E-state index is 11.2. The van der Waals surface area contributed by atoms with Gasteiger partial charge in [0.2, 0.25) is 0 Å². The number of aromatic nitrogens is 1. The molecule has 5 nitrogen and oxygen atoms in total. The van der Waals surface area contributed by atoms with Gasteiger partial charge in [0, 0.05) is 31.4 Å². The number of hydrogen-bond donors (Lipinski definition) is 1. The Morgan fingerprint density at radius 2 is 2.13 bits per heavy atom. The van der Waals surface area contributed by atoms with Crippen LogP contribution in [0.25, 0.3) is 0 Å². The van der Waals surface area contributed by atoms with Crippen LogP contribution in [0.3, 0.4) is 0 Å². The maximum Gasteiger partial charge on any atom is 0.304 e. The lowest BCUT2D eigenvalue weighted by atomic mass is 9.92. The Bertz CT molecular complexity index is 702. The second-order valence-electron chi connectivity index (χ2n) is 5.82. The van der Waals surface area contributed by atoms with E-state index in [0.717, 1.165) is 24.4 Å². The first-order chi connectivity index (χ1) is 11.2. The quantitative estimate of drug-likeness (QED) is 0.919. The van der Waals surface area contributed by atoms with E-state index >= 15 is 0 Å². The van der Waals surface area contributed by atoms with Crippen molar-refractivity contribution in [3.8, 4) is 5.75 Å². The van der Waals surface area contributed by atoms with E-state index in [9.17, 15) is 9.90 Å². The van der Waals surface area contributed by atoms with Crippen LogP contribution in [-0.2, 0) is 24.3 Å². The number of methoxy groups -OCH3 is 1. The zero-order valence-corrected chi connectivity index (χ0v) is 13.1. The highest BCUT2D eigenvalue weighted by Crippen LogP contribution is 2.26. The lowest BCUT2D eigenvalue weighted by molar-refractivity contribution is -0.138. The van der Waals surface area contributed by atoms with Gasteiger partial charge in [-0.25, -0.2) is 0 Å². The summed E-state index contributed by atoms with van der Waals surface area (Å²) < 4.78 is 5.24. The van der Waals surface area contributed by atoms with Gasteiger partial charge in [0.05, 0.1) is 19.2 Å². The standard InChI is InChI=1S/C18H20N2O3/c1-23-17-6-7-19-15(9-17)12-20-11-14-5-3-2-4-13(14)8-16(20)10-18(21)22/h2-7,9,16H,8,10-12H2,1H3,(H,21,22)/t16-/m0/s1. The summed E-state index contributed by atoms with van der Waals surface area (Å²) in [4.78, 5) is 17.8. The smallest absolute Gasteiger partial charge is 0.304 e. The van der Waals surface area contributed by atoms with Crippen LogP contribution in [0.1, 0.15) is 23.2 Å². The topological polar surface area (TPSA) is 62.7 Å². The molecule has 0 fully saturated rings. The van der Waals surface area contributed by atoms with Gasteiger partial charge in [-0.2, -0.15) is 0 Å². The normalized spacial score (nSPS) is 17.5. The summed E-state index contributed by atoms with van der Waals surface area (Å²) in [6.45, 7) is 1.36. The molecule has 2 heterocycles. The number of carbonyl (C=O) groups is 1. The van der Waals surface area contributed by atoms with Crippen molar-refractivity contribution >= 4 is 5.97 Å². The van der Waals surface area contributed by atoms with Gasteiger partial charge in [-0.05, 0) is 23.6 Å². The van der Waals surface area contributed by atoms with Gasteiger partial charge in [-0.15, -0.1) is 0 Å². The number of hydrogen-bond acceptors (Lipinski definition) is 4. The highest BCUT2D eigenvalue weighted by atomic mass is 16.5. The summed E-state index contributed by atoms with van der Waals surface area (Å²) in [5, 5.41) is 9.22. The SMILES string of the molecule is COc1ccnc(CN2Cc3ccccc3C[C@H]2CC(=O)O)c1. The van der Waals surface area contributed by atoms with Crippen LogP contribution >= 0.6 is 0 Å². The third kappa shape index (κ3) is 3.68. The number of nitrogens with zero attached hydrogens (tertiary/aromatic N) is 2. The number of benzene rings is 1. The van der Waals surface area contributed by atoms with Crippen LogP contribution < -0.4 is 4.74 Å². The zero-order chi connectivity index (χ0) is 16.2. The Balaban J connectivity index is 1.83. The van der Waals surface area contributed by atoms with Crippen molar-refractivity contribution < 1.29 is 14.6 Å². The van der Waals surface area contributed by atoms with Gasteiger partial charge in [0.1, 0.15) is 5.75 Å². The molecule has 1 atom stereocenters. The Labute approximate surface area is 135 Å². The van der Waals surface area contributed by atoms with E-state index in [2.05, 4.69) is 22.0 Å². The van der Waals surface area contributed by atoms with Crippen LogP contribution in [-0.4, -0.2) is 34.1 Å². The van der Waals surface area contributed by atoms with Crippen LogP contribution in [0.2, 0.25) is 0 Å². The minimum Gasteiger partial charge on any atom is -0.497 e. The molecular formula is C18H20N2O3. The average Bonchev–Trinajstić information content (AvgIpc) is 2.55. The van der Waals surface area contributed by atoms with E-state index in [-0.39, 0.29) is 12.5 Å². The second kappa shape index (κ2) is 6.79. The Kier molecular flexibility index (Phi) is 4.57. The molecule has 1 N–H and O–H groups in total. The molecule has 1 aliphatic heterocycles. The van der Waals surface area contributed by atoms with Crippen molar-refractivity contribution in [3.63, 3.8) is 0 Å². The molecule has 1 aromatic carbocycles. The van der Waals surface area contributed by atoms with Gasteiger partial charge in [-0.3, -0.25) is 14.7 Å². The molecule has 0 saturated carbocycles. The predicted molar refractivity (Wildman–Crippen MR) is 86.2 cm³/mol. The minimum absolute atomic E-state index is 0.0181. The van der Waals surface area contributed by atoms with Crippen molar-refractivity contribution in [3.05, 3.63) is 59.4 Å². The fourth-order valence-corrected chi connectivity index (χ4v) is 3.11. The van der Waals surface area contributed by atoms with Crippen LogP contribution in [0.15, 0.2) is 42.6 Å². The minimum atomic E-state index is -0.766. The molecule has 5 heteroatoms. The van der Waals surface area contributed by atoms with Crippen LogP contribution in [0, 0.1) is 0 Å². The summed E-state index contributed by atoms with van der Waals surface area (Å²) in [5.41, 5.74) is 3.39. The van der Waals surface area contributed by atoms with E-state index in [1.807, 2.05) is 24.3 Å². The van der Waals surface area contributed by atoms with E-state index in [4.69, 9.17) is 4.74 Å². The number of carboxylic acids is 1. The first-order valence-corrected chi connectivity index (χ1v) is 7.67. The summed E-state index contributed by atoms with van der Waals surface area (Å²) in [6.07, 6.45) is 2.61. The molecular weight excluding hydrogens is 292 g/mol. The fraction of sp³-hybridized carbons (Fsp3) is 0.333. The predicted octanol–water partition coefficient (Wildman–Crippen LogP) is 2.49. The molecule has 1 aliphatic rings. The summed E-state index contributed by atoms with van der Waals surface area (Å²) in [7, 11) is 1.63. The van der Waals surface area contributed by atoms with Crippen molar-refractivity contribution in [1.29, 1.82) is 0 Å². The number of aliphatic carboxylic acids is 1. The highest BCUT2D eigenvalue weighted by molar-refractivity contribution is 5.67. The molecule has 120 valence electrons. The van der Waals surface area contributed by atoms with Gasteiger partial charge < -0.3 is 9.84 Å². The van der Waals surface area contributed by atoms with Gasteiger partial charge in [0.15, 0.2) is 0 Å². The van der Waals surface area contributed by atoms with Gasteiger partial charge in [-0.1, -0.05) is 24.3 Å². The number of pyridine rings is 1. The van der Waals surface area contributed by atoms with E-state index in [1.54, 1.807) is 13.3 Å². The molecule has 0 radical (unpaired) electrons. The summed E-state index contributed by atoms with van der Waals surface area (Å²) >= 11 is 0. The van der Waals surface area contributed by atoms with E-state index in [0.29, 0.717) is 6.54 Å². The highest BCUT2D eigenvalue weighted by Gasteiger charge is 2.28. The molecule has 23 heavy (non-hydrogen) atoms. The van der Waals surface area contributed by atoms with Crippen molar-refractivity contribution in [2.75, 3.05) is 7.11 Å². The van der Waals surface area contributed by atoms with Gasteiger partial charge >= 0.3 is 5.97 Å². The molecule has 0 spiro atoms. The van der Waals surface area contributed by atoms with Crippen LogP contribution in [0.4, 0.5) is 0 Å². The lowest BCUT2D eigenvalue weighted by Gasteiger charge is -2.36. The molecule has 0 bridgehead atoms. The van der Waals surface area contributed by atoms with Gasteiger partial charge in [0.25, 0.3) is 0 Å². The molecule has 0 aliphatic carbocycles. The molecule has 2 aromatic rings. The van der Waals surface area contributed by atoms with Crippen molar-refractivity contribution in [1.82, 2.24) is 9.88 Å². The maximum absolute atomic E-state index is 11.2. The number of fused-ring (bicyclic) bond motifs is 1. The number of ether oxygens (including phenoxy) is 1. The van der Waals surface area contributed by atoms with Crippen molar-refractivity contribution in [2.24, 2.45) is 0 Å². The Morgan fingerprint density at radius 3 is 2.87 bits per heavy atom. The first kappa shape index (κ1) is 15.5. The monoisotopic (exact) mass is 312 g/mol. The van der Waals surface area contributed by atoms with E-state index in [1.165, 1.54) is 11.1 Å². The summed E-state index contributed by atoms with van der Waals surface area (Å²) in [5.74, 6) is 0.000164. The Hall–Kier alpha value is -2.40. The number of rotatable bonds is 5. The molecule has 0 unspecified atom stereocenters. The summed E-state index contributed by atoms with van der Waals surface area (Å²) in [6, 6.07) is 11.9. The average molecular weight is 312 g/mol. The van der Waals surface area contributed by atoms with Crippen molar-refractivity contribution in [2.45, 2.75) is 32.0 Å². The molecule has 3 rings (SSSR count). The fourth-order valence-electron chi connectivity index (χ4n) is 3.11.